The molecule has 4 heteroatoms. The zero-order chi connectivity index (χ0) is 20.7. The van der Waals surface area contributed by atoms with Crippen LogP contribution in [0.4, 0.5) is 0 Å². The lowest BCUT2D eigenvalue weighted by Gasteiger charge is -2.10. The average Bonchev–Trinajstić information content (AvgIpc) is 3.33. The summed E-state index contributed by atoms with van der Waals surface area (Å²) in [6.45, 7) is 2.12. The second-order valence-corrected chi connectivity index (χ2v) is 7.52. The molecule has 0 aliphatic carbocycles. The fraction of sp³-hybridized carbons (Fsp3) is 0.115. The van der Waals surface area contributed by atoms with Crippen molar-refractivity contribution in [3.8, 4) is 39.5 Å². The monoisotopic (exact) mass is 393 g/mol. The quantitative estimate of drug-likeness (QED) is 0.375. The maximum absolute atomic E-state index is 5.35. The largest absolute Gasteiger partial charge is 0.497 e. The summed E-state index contributed by atoms with van der Waals surface area (Å²) in [6, 6.07) is 29.3. The molecule has 0 amide bonds. The van der Waals surface area contributed by atoms with Crippen LogP contribution < -0.4 is 4.74 Å². The van der Waals surface area contributed by atoms with Gasteiger partial charge in [-0.1, -0.05) is 54.1 Å². The molecule has 0 radical (unpaired) electrons. The van der Waals surface area contributed by atoms with Gasteiger partial charge in [-0.3, -0.25) is 0 Å². The molecule has 30 heavy (non-hydrogen) atoms. The highest BCUT2D eigenvalue weighted by molar-refractivity contribution is 5.84. The number of ether oxygens (including phenoxy) is 1. The van der Waals surface area contributed by atoms with Crippen molar-refractivity contribution in [1.29, 1.82) is 0 Å². The fourth-order valence-corrected chi connectivity index (χ4v) is 4.03. The van der Waals surface area contributed by atoms with Gasteiger partial charge in [-0.15, -0.1) is 0 Å². The van der Waals surface area contributed by atoms with Gasteiger partial charge in [-0.25, -0.2) is 4.52 Å². The molecule has 148 valence electrons. The minimum absolute atomic E-state index is 0.848. The van der Waals surface area contributed by atoms with Crippen LogP contribution in [0.1, 0.15) is 5.56 Å². The minimum Gasteiger partial charge on any atom is -0.497 e. The fourth-order valence-electron chi connectivity index (χ4n) is 4.03. The summed E-state index contributed by atoms with van der Waals surface area (Å²) in [5, 5.41) is 5.00. The van der Waals surface area contributed by atoms with Gasteiger partial charge in [0.1, 0.15) is 11.4 Å². The molecule has 0 N–H and O–H groups in total. The van der Waals surface area contributed by atoms with E-state index < -0.39 is 0 Å². The summed E-state index contributed by atoms with van der Waals surface area (Å²) >= 11 is 0. The van der Waals surface area contributed by atoms with Gasteiger partial charge < -0.3 is 9.30 Å². The van der Waals surface area contributed by atoms with Gasteiger partial charge in [-0.2, -0.15) is 5.10 Å². The smallest absolute Gasteiger partial charge is 0.137 e. The van der Waals surface area contributed by atoms with Crippen molar-refractivity contribution in [1.82, 2.24) is 14.2 Å². The predicted molar refractivity (Wildman–Crippen MR) is 122 cm³/mol. The van der Waals surface area contributed by atoms with E-state index in [0.29, 0.717) is 0 Å². The Morgan fingerprint density at radius 2 is 1.47 bits per heavy atom. The molecular weight excluding hydrogens is 370 g/mol. The molecule has 5 rings (SSSR count). The number of nitrogens with zero attached hydrogens (tertiary/aromatic N) is 3. The topological polar surface area (TPSA) is 31.5 Å². The Hall–Kier alpha value is -3.79. The van der Waals surface area contributed by atoms with Crippen LogP contribution in [0.15, 0.2) is 84.9 Å². The van der Waals surface area contributed by atoms with Gasteiger partial charge in [0.15, 0.2) is 0 Å². The van der Waals surface area contributed by atoms with Gasteiger partial charge in [0, 0.05) is 29.8 Å². The molecule has 5 aromatic rings. The van der Waals surface area contributed by atoms with E-state index in [4.69, 9.17) is 9.84 Å². The van der Waals surface area contributed by atoms with Crippen LogP contribution in [0, 0.1) is 6.92 Å². The Morgan fingerprint density at radius 1 is 0.733 bits per heavy atom. The molecule has 0 aliphatic heterocycles. The van der Waals surface area contributed by atoms with Gasteiger partial charge in [0.25, 0.3) is 0 Å². The number of rotatable bonds is 4. The van der Waals surface area contributed by atoms with E-state index in [1.807, 2.05) is 30.3 Å². The summed E-state index contributed by atoms with van der Waals surface area (Å²) in [5.74, 6) is 0.848. The Balaban J connectivity index is 1.79. The van der Waals surface area contributed by atoms with Crippen molar-refractivity contribution in [2.75, 3.05) is 7.11 Å². The van der Waals surface area contributed by atoms with E-state index in [1.165, 1.54) is 5.56 Å². The third kappa shape index (κ3) is 2.98. The molecule has 3 aromatic carbocycles. The molecule has 0 saturated heterocycles. The summed E-state index contributed by atoms with van der Waals surface area (Å²) < 4.78 is 9.64. The number of methoxy groups -OCH3 is 1. The first kappa shape index (κ1) is 18.3. The van der Waals surface area contributed by atoms with Crippen molar-refractivity contribution in [3.63, 3.8) is 0 Å². The number of imidazole rings is 1. The highest BCUT2D eigenvalue weighted by Crippen LogP contribution is 2.37. The highest BCUT2D eigenvalue weighted by Gasteiger charge is 2.21. The number of aromatic nitrogens is 3. The molecule has 0 fully saturated rings. The van der Waals surface area contributed by atoms with Crippen molar-refractivity contribution >= 4 is 5.65 Å². The average molecular weight is 393 g/mol. The number of benzene rings is 3. The Morgan fingerprint density at radius 3 is 2.17 bits per heavy atom. The van der Waals surface area contributed by atoms with E-state index in [-0.39, 0.29) is 0 Å². The number of hydrogen-bond acceptors (Lipinski definition) is 2. The molecule has 4 nitrogen and oxygen atoms in total. The van der Waals surface area contributed by atoms with E-state index in [1.54, 1.807) is 7.11 Å². The van der Waals surface area contributed by atoms with Crippen LogP contribution in [-0.2, 0) is 7.05 Å². The standard InChI is InChI=1S/C26H23N3O/c1-18-8-7-11-21(16-18)26-25(20-12-14-22(30-3)15-13-20)28(2)24-17-23(27-29(24)26)19-9-5-4-6-10-19/h4-17H,1-3H3. The predicted octanol–water partition coefficient (Wildman–Crippen LogP) is 5.99. The Bertz CT molecular complexity index is 1330. The second-order valence-electron chi connectivity index (χ2n) is 7.52. The molecule has 0 unspecified atom stereocenters. The summed E-state index contributed by atoms with van der Waals surface area (Å²) in [7, 11) is 3.79. The molecule has 0 atom stereocenters. The van der Waals surface area contributed by atoms with E-state index in [0.717, 1.165) is 45.2 Å². The molecular formula is C26H23N3O. The SMILES string of the molecule is COc1ccc(-c2c(-c3cccc(C)c3)n3nc(-c4ccccc4)cc3n2C)cc1. The maximum atomic E-state index is 5.35. The first-order valence-corrected chi connectivity index (χ1v) is 10.0. The summed E-state index contributed by atoms with van der Waals surface area (Å²) in [5.41, 5.74) is 8.85. The molecule has 0 saturated carbocycles. The second kappa shape index (κ2) is 7.23. The third-order valence-electron chi connectivity index (χ3n) is 5.53. The van der Waals surface area contributed by atoms with Crippen molar-refractivity contribution in [2.45, 2.75) is 6.92 Å². The molecule has 0 aliphatic rings. The first-order valence-electron chi connectivity index (χ1n) is 10.0. The van der Waals surface area contributed by atoms with Gasteiger partial charge in [0.2, 0.25) is 0 Å². The first-order chi connectivity index (χ1) is 14.7. The maximum Gasteiger partial charge on any atom is 0.137 e. The number of hydrogen-bond donors (Lipinski definition) is 0. The number of aryl methyl sites for hydroxylation is 2. The van der Waals surface area contributed by atoms with E-state index >= 15 is 0 Å². The lowest BCUT2D eigenvalue weighted by Crippen LogP contribution is -1.94. The lowest BCUT2D eigenvalue weighted by molar-refractivity contribution is 0.415. The van der Waals surface area contributed by atoms with E-state index in [9.17, 15) is 0 Å². The molecule has 0 spiro atoms. The van der Waals surface area contributed by atoms with Gasteiger partial charge in [0.05, 0.1) is 24.2 Å². The van der Waals surface area contributed by atoms with Crippen LogP contribution in [0.2, 0.25) is 0 Å². The van der Waals surface area contributed by atoms with Crippen LogP contribution in [0.5, 0.6) is 5.75 Å². The normalized spacial score (nSPS) is 11.2. The lowest BCUT2D eigenvalue weighted by atomic mass is 10.0. The highest BCUT2D eigenvalue weighted by atomic mass is 16.5. The summed E-state index contributed by atoms with van der Waals surface area (Å²) in [6.07, 6.45) is 0. The van der Waals surface area contributed by atoms with Crippen molar-refractivity contribution in [2.24, 2.45) is 7.05 Å². The van der Waals surface area contributed by atoms with Crippen molar-refractivity contribution < 1.29 is 4.74 Å². The minimum atomic E-state index is 0.848. The zero-order valence-corrected chi connectivity index (χ0v) is 17.3. The van der Waals surface area contributed by atoms with Crippen LogP contribution in [-0.4, -0.2) is 21.3 Å². The zero-order valence-electron chi connectivity index (χ0n) is 17.3. The third-order valence-corrected chi connectivity index (χ3v) is 5.53. The van der Waals surface area contributed by atoms with Crippen molar-refractivity contribution in [3.05, 3.63) is 90.5 Å². The van der Waals surface area contributed by atoms with Crippen LogP contribution in [0.3, 0.4) is 0 Å². The Kier molecular flexibility index (Phi) is 4.40. The number of fused-ring (bicyclic) bond motifs is 1. The van der Waals surface area contributed by atoms with Gasteiger partial charge in [-0.05, 0) is 37.3 Å². The van der Waals surface area contributed by atoms with E-state index in [2.05, 4.69) is 77.7 Å². The van der Waals surface area contributed by atoms with Gasteiger partial charge >= 0.3 is 0 Å². The molecule has 2 heterocycles. The Labute approximate surface area is 176 Å². The van der Waals surface area contributed by atoms with Crippen LogP contribution >= 0.6 is 0 Å². The molecule has 0 bridgehead atoms. The molecule has 2 aromatic heterocycles. The summed E-state index contributed by atoms with van der Waals surface area (Å²) in [4.78, 5) is 0. The van der Waals surface area contributed by atoms with Crippen LogP contribution in [0.25, 0.3) is 39.4 Å².